The number of β-amino-alcohol motifs (C(OH)–C–C–N with tert-alkyl or cyclic N) is 1. The normalized spacial score (nSPS) is 15.9. The Hall–Kier alpha value is -2.73. The number of amides is 1. The Labute approximate surface area is 217 Å². The van der Waals surface area contributed by atoms with Gasteiger partial charge in [-0.2, -0.15) is 0 Å². The topological polar surface area (TPSA) is 148 Å². The van der Waals surface area contributed by atoms with Crippen molar-refractivity contribution in [2.45, 2.75) is 51.4 Å². The number of fused-ring (bicyclic) bond motifs is 1. The van der Waals surface area contributed by atoms with Crippen LogP contribution < -0.4 is 14.9 Å². The average molecular weight is 544 g/mol. The molecular weight excluding hydrogens is 510 g/mol. The van der Waals surface area contributed by atoms with E-state index in [9.17, 15) is 28.5 Å². The van der Waals surface area contributed by atoms with Crippen molar-refractivity contribution in [1.82, 2.24) is 5.32 Å². The molecule has 2 aromatic rings. The molecule has 1 amide bonds. The highest BCUT2D eigenvalue weighted by atomic mass is 35.5. The van der Waals surface area contributed by atoms with Gasteiger partial charge in [0.15, 0.2) is 0 Å². The van der Waals surface area contributed by atoms with Gasteiger partial charge in [0.25, 0.3) is 0 Å². The zero-order chi connectivity index (χ0) is 26.2. The molecule has 0 aliphatic carbocycles. The number of halogens is 1. The molecule has 0 aromatic heterocycles. The van der Waals surface area contributed by atoms with Crippen molar-refractivity contribution in [3.8, 4) is 11.5 Å². The number of nitrogens with one attached hydrogen (secondary N) is 2. The van der Waals surface area contributed by atoms with Gasteiger partial charge in [0, 0.05) is 24.2 Å². The zero-order valence-corrected chi connectivity index (χ0v) is 22.5. The van der Waals surface area contributed by atoms with Gasteiger partial charge in [-0.1, -0.05) is 6.07 Å². The van der Waals surface area contributed by atoms with E-state index in [1.54, 1.807) is 26.0 Å². The first-order valence-corrected chi connectivity index (χ1v) is 13.0. The van der Waals surface area contributed by atoms with E-state index in [0.29, 0.717) is 29.8 Å². The summed E-state index contributed by atoms with van der Waals surface area (Å²) in [5, 5.41) is 33.7. The minimum atomic E-state index is -3.59. The number of phenolic OH excluding ortho intramolecular Hbond substituents is 2. The Morgan fingerprint density at radius 2 is 1.81 bits per heavy atom. The molecule has 0 saturated heterocycles. The summed E-state index contributed by atoms with van der Waals surface area (Å²) >= 11 is 0. The number of ether oxygens (including phenoxy) is 1. The van der Waals surface area contributed by atoms with Gasteiger partial charge in [0.1, 0.15) is 17.1 Å². The molecule has 2 aromatic carbocycles. The molecule has 12 heteroatoms. The van der Waals surface area contributed by atoms with Crippen LogP contribution in [0.15, 0.2) is 36.4 Å². The van der Waals surface area contributed by atoms with Crippen molar-refractivity contribution < 1.29 is 33.3 Å². The van der Waals surface area contributed by atoms with Crippen LogP contribution in [0.5, 0.6) is 11.5 Å². The number of cyclic esters (lactones) is 1. The molecule has 0 radical (unpaired) electrons. The molecule has 1 aliphatic rings. The Kier molecular flexibility index (Phi) is 8.78. The summed E-state index contributed by atoms with van der Waals surface area (Å²) in [5.74, 6) is -0.153. The van der Waals surface area contributed by atoms with Crippen LogP contribution in [0.4, 0.5) is 16.2 Å². The number of carbonyl (C=O) groups is 1. The third kappa shape index (κ3) is 7.16. The third-order valence-electron chi connectivity index (χ3n) is 5.92. The number of phenols is 2. The highest BCUT2D eigenvalue weighted by Crippen LogP contribution is 2.40. The lowest BCUT2D eigenvalue weighted by molar-refractivity contribution is 0.0345. The van der Waals surface area contributed by atoms with Gasteiger partial charge < -0.3 is 25.4 Å². The molecule has 200 valence electrons. The maximum atomic E-state index is 12.7. The average Bonchev–Trinajstić information content (AvgIpc) is 2.72. The molecule has 0 bridgehead atoms. The second kappa shape index (κ2) is 10.7. The molecule has 5 N–H and O–H groups in total. The molecule has 0 saturated carbocycles. The third-order valence-corrected chi connectivity index (χ3v) is 6.51. The van der Waals surface area contributed by atoms with Crippen LogP contribution in [0.3, 0.4) is 0 Å². The van der Waals surface area contributed by atoms with Crippen molar-refractivity contribution >= 4 is 39.9 Å². The van der Waals surface area contributed by atoms with Gasteiger partial charge in [-0.05, 0) is 70.0 Å². The van der Waals surface area contributed by atoms with Crippen LogP contribution in [-0.2, 0) is 20.4 Å². The molecule has 1 atom stereocenters. The second-order valence-corrected chi connectivity index (χ2v) is 11.7. The largest absolute Gasteiger partial charge is 0.508 e. The predicted molar refractivity (Wildman–Crippen MR) is 140 cm³/mol. The van der Waals surface area contributed by atoms with Gasteiger partial charge >= 0.3 is 6.09 Å². The number of anilines is 2. The summed E-state index contributed by atoms with van der Waals surface area (Å²) in [5.41, 5.74) is 0.441. The fourth-order valence-electron chi connectivity index (χ4n) is 3.89. The molecule has 10 nitrogen and oxygen atoms in total. The number of benzene rings is 2. The van der Waals surface area contributed by atoms with E-state index in [-0.39, 0.29) is 36.1 Å². The summed E-state index contributed by atoms with van der Waals surface area (Å²) in [6.07, 6.45) is 0.0461. The molecular formula is C24H34ClN3O7S. The van der Waals surface area contributed by atoms with Crippen molar-refractivity contribution in [2.24, 2.45) is 0 Å². The fourth-order valence-corrected chi connectivity index (χ4v) is 4.46. The van der Waals surface area contributed by atoms with Crippen molar-refractivity contribution in [3.05, 3.63) is 47.5 Å². The number of aliphatic hydroxyl groups is 1. The van der Waals surface area contributed by atoms with Gasteiger partial charge in [-0.25, -0.2) is 13.2 Å². The Bertz CT molecular complexity index is 1220. The molecule has 1 heterocycles. The first-order valence-electron chi connectivity index (χ1n) is 11.2. The fraction of sp³-hybridized carbons (Fsp3) is 0.458. The lowest BCUT2D eigenvalue weighted by atomic mass is 9.93. The summed E-state index contributed by atoms with van der Waals surface area (Å²) in [4.78, 5) is 14.2. The monoisotopic (exact) mass is 543 g/mol. The van der Waals surface area contributed by atoms with E-state index >= 15 is 0 Å². The Balaban J connectivity index is 0.00000456. The van der Waals surface area contributed by atoms with Crippen LogP contribution in [0.25, 0.3) is 0 Å². The minimum absolute atomic E-state index is 0. The Morgan fingerprint density at radius 3 is 2.44 bits per heavy atom. The minimum Gasteiger partial charge on any atom is -0.508 e. The lowest BCUT2D eigenvalue weighted by Crippen LogP contribution is -2.48. The number of nitrogens with zero attached hydrogens (tertiary/aromatic N) is 1. The van der Waals surface area contributed by atoms with E-state index in [2.05, 4.69) is 10.0 Å². The van der Waals surface area contributed by atoms with E-state index in [1.807, 2.05) is 13.8 Å². The van der Waals surface area contributed by atoms with Gasteiger partial charge in [0.2, 0.25) is 10.0 Å². The summed E-state index contributed by atoms with van der Waals surface area (Å²) in [6, 6.07) is 9.04. The van der Waals surface area contributed by atoms with Crippen LogP contribution >= 0.6 is 12.4 Å². The van der Waals surface area contributed by atoms with Crippen LogP contribution in [0.1, 0.15) is 51.3 Å². The predicted octanol–water partition coefficient (Wildman–Crippen LogP) is 3.57. The zero-order valence-electron chi connectivity index (χ0n) is 20.9. The van der Waals surface area contributed by atoms with Crippen LogP contribution in [0.2, 0.25) is 0 Å². The molecule has 3 rings (SSSR count). The van der Waals surface area contributed by atoms with Gasteiger partial charge in [-0.3, -0.25) is 9.62 Å². The SMILES string of the molecule is CC(C)(CCN1C(=O)OC(C)(C)c2cc(O)ccc21)NCC(O)c1ccc(O)c(NS(C)(=O)=O)c1.Cl. The van der Waals surface area contributed by atoms with E-state index < -0.39 is 33.4 Å². The molecule has 0 fully saturated rings. The maximum Gasteiger partial charge on any atom is 0.415 e. The first kappa shape index (κ1) is 29.5. The van der Waals surface area contributed by atoms with Crippen molar-refractivity contribution in [2.75, 3.05) is 29.0 Å². The van der Waals surface area contributed by atoms with E-state index in [4.69, 9.17) is 4.74 Å². The lowest BCUT2D eigenvalue weighted by Gasteiger charge is -2.39. The number of carbonyl (C=O) groups excluding carboxylic acids is 1. The maximum absolute atomic E-state index is 12.7. The second-order valence-electron chi connectivity index (χ2n) is 9.91. The van der Waals surface area contributed by atoms with Crippen molar-refractivity contribution in [1.29, 1.82) is 0 Å². The quantitative estimate of drug-likeness (QED) is 0.301. The summed E-state index contributed by atoms with van der Waals surface area (Å²) < 4.78 is 30.8. The smallest absolute Gasteiger partial charge is 0.415 e. The molecule has 1 unspecified atom stereocenters. The van der Waals surface area contributed by atoms with Crippen LogP contribution in [-0.4, -0.2) is 54.7 Å². The molecule has 1 aliphatic heterocycles. The first-order chi connectivity index (χ1) is 16.1. The number of aromatic hydroxyl groups is 2. The standard InChI is InChI=1S/C24H33N3O7S.ClH/c1-23(2,25-14-21(30)15-6-9-20(29)18(12-15)26-35(5,32)33)10-11-27-19-8-7-16(28)13-17(19)24(3,4)34-22(27)31;/h6-9,12-13,21,25-26,28-30H,10-11,14H2,1-5H3;1H. The number of hydrogen-bond acceptors (Lipinski definition) is 8. The highest BCUT2D eigenvalue weighted by Gasteiger charge is 2.39. The van der Waals surface area contributed by atoms with Crippen LogP contribution in [0, 0.1) is 0 Å². The summed E-state index contributed by atoms with van der Waals surface area (Å²) in [6.45, 7) is 7.90. The summed E-state index contributed by atoms with van der Waals surface area (Å²) in [7, 11) is -3.59. The Morgan fingerprint density at radius 1 is 1.14 bits per heavy atom. The number of aliphatic hydroxyl groups excluding tert-OH is 1. The van der Waals surface area contributed by atoms with E-state index in [0.717, 1.165) is 6.26 Å². The van der Waals surface area contributed by atoms with Crippen molar-refractivity contribution in [3.63, 3.8) is 0 Å². The number of rotatable bonds is 9. The van der Waals surface area contributed by atoms with Gasteiger partial charge in [-0.15, -0.1) is 12.4 Å². The highest BCUT2D eigenvalue weighted by molar-refractivity contribution is 7.92. The molecule has 0 spiro atoms. The van der Waals surface area contributed by atoms with Gasteiger partial charge in [0.05, 0.1) is 23.7 Å². The van der Waals surface area contributed by atoms with E-state index in [1.165, 1.54) is 29.2 Å². The number of sulfonamides is 1. The number of hydrogen-bond donors (Lipinski definition) is 5. The molecule has 36 heavy (non-hydrogen) atoms.